The summed E-state index contributed by atoms with van der Waals surface area (Å²) < 4.78 is 0. The maximum Gasteiger partial charge on any atom is 0.308 e. The Kier molecular flexibility index (Phi) is 5.53. The molecule has 1 aliphatic rings. The summed E-state index contributed by atoms with van der Waals surface area (Å²) in [5.41, 5.74) is 0. The topological polar surface area (TPSA) is 57.6 Å². The highest BCUT2D eigenvalue weighted by Crippen LogP contribution is 2.24. The maximum atomic E-state index is 12.2. The molecule has 0 saturated carbocycles. The number of rotatable bonds is 4. The summed E-state index contributed by atoms with van der Waals surface area (Å²) in [7, 11) is 0. The number of nitrogens with zero attached hydrogens (tertiary/aromatic N) is 1. The van der Waals surface area contributed by atoms with Crippen LogP contribution < -0.4 is 0 Å². The number of carboxylic acid groups (broad SMARTS) is 1. The van der Waals surface area contributed by atoms with Crippen molar-refractivity contribution in [1.29, 1.82) is 0 Å². The first kappa shape index (κ1) is 16.2. The summed E-state index contributed by atoms with van der Waals surface area (Å²) in [5.74, 6) is -0.722. The van der Waals surface area contributed by atoms with E-state index in [1.54, 1.807) is 17.0 Å². The molecule has 1 amide bonds. The second-order valence-electron chi connectivity index (χ2n) is 5.42. The van der Waals surface area contributed by atoms with Crippen LogP contribution in [-0.2, 0) is 9.59 Å². The molecule has 1 aromatic rings. The zero-order valence-electron chi connectivity index (χ0n) is 11.8. The number of carboxylic acids is 1. The largest absolute Gasteiger partial charge is 0.481 e. The fourth-order valence-corrected chi connectivity index (χ4v) is 3.43. The van der Waals surface area contributed by atoms with Crippen LogP contribution in [0, 0.1) is 11.8 Å². The van der Waals surface area contributed by atoms with E-state index in [4.69, 9.17) is 16.7 Å². The summed E-state index contributed by atoms with van der Waals surface area (Å²) in [6.07, 6.45) is 0.642. The van der Waals surface area contributed by atoms with Crippen molar-refractivity contribution in [2.45, 2.75) is 18.2 Å². The average molecular weight is 328 g/mol. The molecule has 1 heterocycles. The highest BCUT2D eigenvalue weighted by molar-refractivity contribution is 8.00. The van der Waals surface area contributed by atoms with Crippen LogP contribution in [0.5, 0.6) is 0 Å². The van der Waals surface area contributed by atoms with Gasteiger partial charge in [0.25, 0.3) is 0 Å². The van der Waals surface area contributed by atoms with Crippen LogP contribution >= 0.6 is 23.4 Å². The van der Waals surface area contributed by atoms with E-state index >= 15 is 0 Å². The van der Waals surface area contributed by atoms with E-state index in [9.17, 15) is 9.59 Å². The number of hydrogen-bond acceptors (Lipinski definition) is 3. The molecular weight excluding hydrogens is 310 g/mol. The molecule has 1 fully saturated rings. The molecule has 1 N–H and O–H groups in total. The number of likely N-dealkylation sites (tertiary alicyclic amines) is 1. The summed E-state index contributed by atoms with van der Waals surface area (Å²) >= 11 is 7.26. The maximum absolute atomic E-state index is 12.2. The van der Waals surface area contributed by atoms with Gasteiger partial charge in [-0.2, -0.15) is 0 Å². The van der Waals surface area contributed by atoms with Crippen molar-refractivity contribution in [1.82, 2.24) is 4.90 Å². The van der Waals surface area contributed by atoms with Gasteiger partial charge in [0.15, 0.2) is 0 Å². The summed E-state index contributed by atoms with van der Waals surface area (Å²) in [6.45, 7) is 2.95. The van der Waals surface area contributed by atoms with E-state index in [2.05, 4.69) is 0 Å². The molecule has 4 nitrogen and oxygen atoms in total. The highest BCUT2D eigenvalue weighted by Gasteiger charge is 2.31. The molecule has 0 spiro atoms. The molecular formula is C15H18ClNO3S. The lowest BCUT2D eigenvalue weighted by Crippen LogP contribution is -2.46. The first-order valence-corrected chi connectivity index (χ1v) is 8.21. The Morgan fingerprint density at radius 2 is 2.00 bits per heavy atom. The highest BCUT2D eigenvalue weighted by atomic mass is 35.5. The molecule has 1 aromatic carbocycles. The predicted molar refractivity (Wildman–Crippen MR) is 83.7 cm³/mol. The molecule has 1 aliphatic heterocycles. The fourth-order valence-electron chi connectivity index (χ4n) is 2.50. The summed E-state index contributed by atoms with van der Waals surface area (Å²) in [6, 6.07) is 7.33. The Balaban J connectivity index is 1.90. The van der Waals surface area contributed by atoms with Gasteiger partial charge in [-0.25, -0.2) is 0 Å². The van der Waals surface area contributed by atoms with Gasteiger partial charge in [-0.05, 0) is 36.6 Å². The van der Waals surface area contributed by atoms with Gasteiger partial charge in [0.2, 0.25) is 5.91 Å². The lowest BCUT2D eigenvalue weighted by molar-refractivity contribution is -0.146. The lowest BCUT2D eigenvalue weighted by atomic mass is 9.90. The van der Waals surface area contributed by atoms with Gasteiger partial charge >= 0.3 is 5.97 Å². The number of aliphatic carboxylic acids is 1. The van der Waals surface area contributed by atoms with Gasteiger partial charge in [0.05, 0.1) is 11.7 Å². The van der Waals surface area contributed by atoms with E-state index in [1.807, 2.05) is 19.1 Å². The van der Waals surface area contributed by atoms with Crippen molar-refractivity contribution >= 4 is 35.2 Å². The molecule has 0 radical (unpaired) electrons. The number of amides is 1. The number of halogens is 1. The Labute approximate surface area is 133 Å². The van der Waals surface area contributed by atoms with Crippen molar-refractivity contribution in [3.63, 3.8) is 0 Å². The molecule has 2 rings (SSSR count). The number of carbonyl (C=O) groups excluding carboxylic acids is 1. The molecule has 114 valence electrons. The van der Waals surface area contributed by atoms with Crippen molar-refractivity contribution in [2.24, 2.45) is 11.8 Å². The van der Waals surface area contributed by atoms with Crippen LogP contribution in [-0.4, -0.2) is 40.7 Å². The number of thioether (sulfide) groups is 1. The zero-order chi connectivity index (χ0) is 15.4. The van der Waals surface area contributed by atoms with Crippen molar-refractivity contribution < 1.29 is 14.7 Å². The zero-order valence-corrected chi connectivity index (χ0v) is 13.4. The number of piperidine rings is 1. The minimum atomic E-state index is -0.815. The first-order valence-electron chi connectivity index (χ1n) is 6.84. The Hall–Kier alpha value is -1.20. The van der Waals surface area contributed by atoms with E-state index in [0.717, 1.165) is 4.90 Å². The smallest absolute Gasteiger partial charge is 0.308 e. The van der Waals surface area contributed by atoms with Crippen molar-refractivity contribution in [3.05, 3.63) is 29.3 Å². The van der Waals surface area contributed by atoms with Crippen molar-refractivity contribution in [2.75, 3.05) is 18.8 Å². The van der Waals surface area contributed by atoms with Crippen molar-refractivity contribution in [3.8, 4) is 0 Å². The molecule has 6 heteroatoms. The Bertz CT molecular complexity index is 520. The molecule has 21 heavy (non-hydrogen) atoms. The van der Waals surface area contributed by atoms with Crippen LogP contribution in [0.15, 0.2) is 29.2 Å². The summed E-state index contributed by atoms with van der Waals surface area (Å²) in [4.78, 5) is 26.0. The quantitative estimate of drug-likeness (QED) is 0.864. The fraction of sp³-hybridized carbons (Fsp3) is 0.467. The standard InChI is InChI=1S/C15H18ClNO3S/c1-10-6-11(15(19)20)8-17(7-10)14(18)9-21-13-4-2-12(16)3-5-13/h2-5,10-11H,6-9H2,1H3,(H,19,20). The van der Waals surface area contributed by atoms with Gasteiger partial charge in [-0.15, -0.1) is 11.8 Å². The molecule has 0 bridgehead atoms. The third kappa shape index (κ3) is 4.64. The van der Waals surface area contributed by atoms with Crippen LogP contribution in [0.3, 0.4) is 0 Å². The minimum Gasteiger partial charge on any atom is -0.481 e. The second kappa shape index (κ2) is 7.18. The van der Waals surface area contributed by atoms with E-state index in [-0.39, 0.29) is 11.8 Å². The predicted octanol–water partition coefficient (Wildman–Crippen LogP) is 3.00. The summed E-state index contributed by atoms with van der Waals surface area (Å²) in [5, 5.41) is 9.80. The third-order valence-corrected chi connectivity index (χ3v) is 4.79. The molecule has 2 unspecified atom stereocenters. The van der Waals surface area contributed by atoms with Gasteiger partial charge in [-0.3, -0.25) is 9.59 Å². The van der Waals surface area contributed by atoms with E-state index in [1.165, 1.54) is 11.8 Å². The van der Waals surface area contributed by atoms with Gasteiger partial charge in [0, 0.05) is 23.0 Å². The molecule has 0 aliphatic carbocycles. The van der Waals surface area contributed by atoms with Crippen LogP contribution in [0.25, 0.3) is 0 Å². The minimum absolute atomic E-state index is 0.00671. The normalized spacial score (nSPS) is 22.1. The molecule has 1 saturated heterocycles. The third-order valence-electron chi connectivity index (χ3n) is 3.54. The van der Waals surface area contributed by atoms with Crippen LogP contribution in [0.2, 0.25) is 5.02 Å². The SMILES string of the molecule is CC1CC(C(=O)O)CN(C(=O)CSc2ccc(Cl)cc2)C1. The van der Waals surface area contributed by atoms with E-state index in [0.29, 0.717) is 30.3 Å². The van der Waals surface area contributed by atoms with Gasteiger partial charge in [0.1, 0.15) is 0 Å². The van der Waals surface area contributed by atoms with Crippen LogP contribution in [0.1, 0.15) is 13.3 Å². The molecule has 0 aromatic heterocycles. The first-order chi connectivity index (χ1) is 9.95. The Morgan fingerprint density at radius 1 is 1.33 bits per heavy atom. The number of carbonyl (C=O) groups is 2. The van der Waals surface area contributed by atoms with Gasteiger partial charge < -0.3 is 10.0 Å². The number of benzene rings is 1. The molecule has 2 atom stereocenters. The monoisotopic (exact) mass is 327 g/mol. The average Bonchev–Trinajstić information content (AvgIpc) is 2.45. The second-order valence-corrected chi connectivity index (χ2v) is 6.90. The number of hydrogen-bond donors (Lipinski definition) is 1. The van der Waals surface area contributed by atoms with E-state index < -0.39 is 11.9 Å². The lowest BCUT2D eigenvalue weighted by Gasteiger charge is -2.34. The Morgan fingerprint density at radius 3 is 2.62 bits per heavy atom. The van der Waals surface area contributed by atoms with Gasteiger partial charge in [-0.1, -0.05) is 18.5 Å². The van der Waals surface area contributed by atoms with Crippen LogP contribution in [0.4, 0.5) is 0 Å².